The third kappa shape index (κ3) is 3.12. The highest BCUT2D eigenvalue weighted by molar-refractivity contribution is 8.08. The molecule has 0 heterocycles. The van der Waals surface area contributed by atoms with Crippen molar-refractivity contribution in [3.63, 3.8) is 0 Å². The van der Waals surface area contributed by atoms with Gasteiger partial charge in [-0.2, -0.15) is 0 Å². The fraction of sp³-hybridized carbons (Fsp3) is 1.00. The lowest BCUT2D eigenvalue weighted by Gasteiger charge is -2.22. The van der Waals surface area contributed by atoms with Crippen LogP contribution in [0.15, 0.2) is 0 Å². The van der Waals surface area contributed by atoms with Crippen molar-refractivity contribution in [3.8, 4) is 0 Å². The Morgan fingerprint density at radius 3 is 2.45 bits per heavy atom. The Kier molecular flexibility index (Phi) is 2.98. The Morgan fingerprint density at radius 2 is 2.09 bits per heavy atom. The summed E-state index contributed by atoms with van der Waals surface area (Å²) in [6, 6.07) is 0. The summed E-state index contributed by atoms with van der Waals surface area (Å²) in [5, 5.41) is 0. The van der Waals surface area contributed by atoms with Gasteiger partial charge in [0.2, 0.25) is 0 Å². The fourth-order valence-electron chi connectivity index (χ4n) is 1.41. The van der Waals surface area contributed by atoms with Gasteiger partial charge in [-0.25, -0.2) is 4.21 Å². The molecule has 11 heavy (non-hydrogen) atoms. The Morgan fingerprint density at radius 1 is 1.55 bits per heavy atom. The quantitative estimate of drug-likeness (QED) is 0.629. The van der Waals surface area contributed by atoms with Crippen LogP contribution < -0.4 is 0 Å². The van der Waals surface area contributed by atoms with Gasteiger partial charge in [-0.1, -0.05) is 13.8 Å². The molecule has 1 atom stereocenters. The van der Waals surface area contributed by atoms with E-state index in [1.165, 1.54) is 12.8 Å². The molecule has 66 valence electrons. The maximum Gasteiger partial charge on any atom is 0.114 e. The topological polar surface area (TPSA) is 17.1 Å². The van der Waals surface area contributed by atoms with Crippen molar-refractivity contribution in [2.75, 3.05) is 5.75 Å². The smallest absolute Gasteiger partial charge is 0.114 e. The van der Waals surface area contributed by atoms with E-state index < -0.39 is 10.0 Å². The molecule has 3 heteroatoms. The molecule has 1 rings (SSSR count). The van der Waals surface area contributed by atoms with Gasteiger partial charge in [0.25, 0.3) is 0 Å². The van der Waals surface area contributed by atoms with Crippen molar-refractivity contribution in [2.24, 2.45) is 11.3 Å². The lowest BCUT2D eigenvalue weighted by atomic mass is 9.85. The highest BCUT2D eigenvalue weighted by Crippen LogP contribution is 2.47. The van der Waals surface area contributed by atoms with E-state index in [9.17, 15) is 4.21 Å². The summed E-state index contributed by atoms with van der Waals surface area (Å²) in [5.74, 6) is 1.51. The Bertz CT molecular complexity index is 163. The molecule has 1 unspecified atom stereocenters. The largest absolute Gasteiger partial charge is 0.243 e. The van der Waals surface area contributed by atoms with Crippen LogP contribution in [-0.4, -0.2) is 9.96 Å². The number of hydrogen-bond acceptors (Lipinski definition) is 1. The summed E-state index contributed by atoms with van der Waals surface area (Å²) in [4.78, 5) is 0. The molecular weight excluding hydrogens is 180 g/mol. The minimum Gasteiger partial charge on any atom is -0.243 e. The predicted octanol–water partition coefficient (Wildman–Crippen LogP) is 2.72. The van der Waals surface area contributed by atoms with E-state index >= 15 is 0 Å². The van der Waals surface area contributed by atoms with Crippen LogP contribution in [0.1, 0.15) is 33.1 Å². The molecule has 0 N–H and O–H groups in total. The molecule has 0 aromatic carbocycles. The van der Waals surface area contributed by atoms with Crippen molar-refractivity contribution in [1.29, 1.82) is 0 Å². The third-order valence-corrected chi connectivity index (χ3v) is 3.58. The van der Waals surface area contributed by atoms with E-state index in [1.54, 1.807) is 0 Å². The van der Waals surface area contributed by atoms with Crippen LogP contribution >= 0.6 is 10.7 Å². The first-order valence-electron chi connectivity index (χ1n) is 4.07. The maximum atomic E-state index is 10.6. The molecule has 1 saturated carbocycles. The van der Waals surface area contributed by atoms with E-state index in [0.29, 0.717) is 11.2 Å². The average molecular weight is 195 g/mol. The molecule has 0 radical (unpaired) electrons. The Balaban J connectivity index is 2.27. The van der Waals surface area contributed by atoms with Crippen molar-refractivity contribution in [1.82, 2.24) is 0 Å². The van der Waals surface area contributed by atoms with Crippen LogP contribution in [0.3, 0.4) is 0 Å². The zero-order valence-corrected chi connectivity index (χ0v) is 8.67. The minimum atomic E-state index is -1.13. The lowest BCUT2D eigenvalue weighted by molar-refractivity contribution is 0.299. The summed E-state index contributed by atoms with van der Waals surface area (Å²) in [7, 11) is 4.25. The van der Waals surface area contributed by atoms with E-state index in [2.05, 4.69) is 13.8 Å². The predicted molar refractivity (Wildman–Crippen MR) is 50.0 cm³/mol. The summed E-state index contributed by atoms with van der Waals surface area (Å²) >= 11 is 0. The van der Waals surface area contributed by atoms with Crippen LogP contribution in [0.2, 0.25) is 0 Å². The SMILES string of the molecule is CC(C)(CCS(=O)Cl)C1CC1. The van der Waals surface area contributed by atoms with Crippen LogP contribution in [0.25, 0.3) is 0 Å². The van der Waals surface area contributed by atoms with Crippen molar-refractivity contribution >= 4 is 20.7 Å². The zero-order valence-electron chi connectivity index (χ0n) is 7.10. The molecule has 0 saturated heterocycles. The maximum absolute atomic E-state index is 10.6. The molecule has 0 spiro atoms. The van der Waals surface area contributed by atoms with Gasteiger partial charge in [0, 0.05) is 5.75 Å². The molecule has 0 aromatic heterocycles. The average Bonchev–Trinajstić information content (AvgIpc) is 2.64. The van der Waals surface area contributed by atoms with Gasteiger partial charge >= 0.3 is 0 Å². The first-order valence-corrected chi connectivity index (χ1v) is 6.21. The molecule has 0 aliphatic heterocycles. The van der Waals surface area contributed by atoms with Gasteiger partial charge in [-0.05, 0) is 41.3 Å². The van der Waals surface area contributed by atoms with Crippen LogP contribution in [0, 0.1) is 11.3 Å². The van der Waals surface area contributed by atoms with E-state index in [-0.39, 0.29) is 0 Å². The summed E-state index contributed by atoms with van der Waals surface area (Å²) in [5.41, 5.74) is 0.366. The minimum absolute atomic E-state index is 0.366. The second kappa shape index (κ2) is 3.44. The van der Waals surface area contributed by atoms with E-state index in [4.69, 9.17) is 10.7 Å². The number of rotatable bonds is 4. The molecule has 0 aromatic rings. The second-order valence-electron chi connectivity index (χ2n) is 4.01. The molecule has 1 nitrogen and oxygen atoms in total. The van der Waals surface area contributed by atoms with Crippen LogP contribution in [0.4, 0.5) is 0 Å². The first kappa shape index (κ1) is 9.53. The summed E-state index contributed by atoms with van der Waals surface area (Å²) in [6.07, 6.45) is 3.69. The molecule has 1 aliphatic rings. The van der Waals surface area contributed by atoms with Crippen molar-refractivity contribution in [3.05, 3.63) is 0 Å². The van der Waals surface area contributed by atoms with E-state index in [0.717, 1.165) is 12.3 Å². The molecule has 1 aliphatic carbocycles. The normalized spacial score (nSPS) is 21.7. The van der Waals surface area contributed by atoms with Gasteiger partial charge in [0.05, 0.1) is 0 Å². The lowest BCUT2D eigenvalue weighted by Crippen LogP contribution is -2.16. The fourth-order valence-corrected chi connectivity index (χ4v) is 2.33. The van der Waals surface area contributed by atoms with Gasteiger partial charge in [-0.15, -0.1) is 0 Å². The van der Waals surface area contributed by atoms with Crippen molar-refractivity contribution in [2.45, 2.75) is 33.1 Å². The van der Waals surface area contributed by atoms with Crippen molar-refractivity contribution < 1.29 is 4.21 Å². The van der Waals surface area contributed by atoms with Gasteiger partial charge in [-0.3, -0.25) is 0 Å². The molecule has 1 fully saturated rings. The Labute approximate surface area is 75.5 Å². The Hall–Kier alpha value is 0.440. The highest BCUT2D eigenvalue weighted by Gasteiger charge is 2.37. The summed E-state index contributed by atoms with van der Waals surface area (Å²) < 4.78 is 10.6. The second-order valence-corrected chi connectivity index (χ2v) is 6.03. The first-order chi connectivity index (χ1) is 5.02. The summed E-state index contributed by atoms with van der Waals surface area (Å²) in [6.45, 7) is 4.49. The highest BCUT2D eigenvalue weighted by atomic mass is 35.7. The number of hydrogen-bond donors (Lipinski definition) is 0. The van der Waals surface area contributed by atoms with Gasteiger partial charge in [0.15, 0.2) is 0 Å². The van der Waals surface area contributed by atoms with Gasteiger partial charge < -0.3 is 0 Å². The monoisotopic (exact) mass is 194 g/mol. The molecular formula is C8H15ClOS. The number of halogens is 1. The van der Waals surface area contributed by atoms with Crippen LogP contribution in [-0.2, 0) is 10.0 Å². The van der Waals surface area contributed by atoms with Crippen LogP contribution in [0.5, 0.6) is 0 Å². The zero-order chi connectivity index (χ0) is 8.48. The van der Waals surface area contributed by atoms with E-state index in [1.807, 2.05) is 0 Å². The standard InChI is InChI=1S/C8H15ClOS/c1-8(2,7-3-4-7)5-6-11(9)10/h7H,3-6H2,1-2H3. The third-order valence-electron chi connectivity index (χ3n) is 2.59. The molecule has 0 amide bonds. The molecule has 0 bridgehead atoms. The van der Waals surface area contributed by atoms with Gasteiger partial charge in [0.1, 0.15) is 10.0 Å².